The zero-order chi connectivity index (χ0) is 24.5. The summed E-state index contributed by atoms with van der Waals surface area (Å²) >= 11 is 6.01. The van der Waals surface area contributed by atoms with Crippen LogP contribution in [0.3, 0.4) is 0 Å². The molecule has 3 aliphatic heterocycles. The van der Waals surface area contributed by atoms with Crippen LogP contribution in [0.1, 0.15) is 11.1 Å². The number of carbonyl (C=O) groups excluding carboxylic acids is 3. The number of carbonyl (C=O) groups is 3. The number of nitrogens with zero attached hydrogens (tertiary/aromatic N) is 1. The Labute approximate surface area is 205 Å². The molecule has 0 aliphatic carbocycles. The molecular weight excluding hydrogens is 470 g/mol. The van der Waals surface area contributed by atoms with Crippen molar-refractivity contribution in [2.24, 2.45) is 11.8 Å². The number of phenols is 2. The number of halogens is 1. The van der Waals surface area contributed by atoms with Gasteiger partial charge in [-0.25, -0.2) is 4.90 Å². The van der Waals surface area contributed by atoms with Crippen LogP contribution in [0.2, 0.25) is 5.02 Å². The smallest absolute Gasteiger partial charge is 0.250 e. The number of hydrogen-bond acceptors (Lipinski definition) is 6. The van der Waals surface area contributed by atoms with Crippen molar-refractivity contribution in [1.82, 2.24) is 5.32 Å². The summed E-state index contributed by atoms with van der Waals surface area (Å²) in [6, 6.07) is 17.4. The zero-order valence-electron chi connectivity index (χ0n) is 18.2. The molecule has 3 aromatic rings. The molecule has 2 fully saturated rings. The maximum Gasteiger partial charge on any atom is 0.250 e. The molecule has 1 spiro atoms. The topological polar surface area (TPSA) is 119 Å². The van der Waals surface area contributed by atoms with Gasteiger partial charge in [-0.15, -0.1) is 0 Å². The fourth-order valence-electron chi connectivity index (χ4n) is 5.73. The van der Waals surface area contributed by atoms with Gasteiger partial charge >= 0.3 is 0 Å². The van der Waals surface area contributed by atoms with E-state index in [2.05, 4.69) is 10.6 Å². The van der Waals surface area contributed by atoms with E-state index in [-0.39, 0.29) is 23.8 Å². The molecule has 4 N–H and O–H groups in total. The number of benzene rings is 3. The zero-order valence-corrected chi connectivity index (χ0v) is 19.0. The number of fused-ring (bicyclic) bond motifs is 4. The predicted molar refractivity (Wildman–Crippen MR) is 128 cm³/mol. The molecule has 8 nitrogen and oxygen atoms in total. The summed E-state index contributed by atoms with van der Waals surface area (Å²) in [6.07, 6.45) is 0.250. The number of anilines is 2. The van der Waals surface area contributed by atoms with E-state index in [0.29, 0.717) is 27.5 Å². The van der Waals surface area contributed by atoms with Crippen molar-refractivity contribution in [3.05, 3.63) is 82.9 Å². The van der Waals surface area contributed by atoms with E-state index in [0.717, 1.165) is 4.90 Å². The van der Waals surface area contributed by atoms with E-state index in [1.165, 1.54) is 12.1 Å². The minimum Gasteiger partial charge on any atom is -0.504 e. The molecule has 176 valence electrons. The number of phenolic OH excluding ortho intramolecular Hbond substituents is 2. The van der Waals surface area contributed by atoms with Crippen LogP contribution >= 0.6 is 11.6 Å². The van der Waals surface area contributed by atoms with E-state index >= 15 is 0 Å². The van der Waals surface area contributed by atoms with Gasteiger partial charge < -0.3 is 15.5 Å². The number of imide groups is 1. The summed E-state index contributed by atoms with van der Waals surface area (Å²) in [5.74, 6) is -3.59. The van der Waals surface area contributed by atoms with Crippen molar-refractivity contribution >= 4 is 40.7 Å². The lowest BCUT2D eigenvalue weighted by atomic mass is 9.76. The molecule has 2 saturated heterocycles. The van der Waals surface area contributed by atoms with Crippen LogP contribution in [-0.4, -0.2) is 34.0 Å². The summed E-state index contributed by atoms with van der Waals surface area (Å²) in [7, 11) is 0. The van der Waals surface area contributed by atoms with Crippen LogP contribution < -0.4 is 15.5 Å². The minimum atomic E-state index is -1.42. The molecule has 3 aliphatic rings. The fourth-order valence-corrected chi connectivity index (χ4v) is 5.85. The Balaban J connectivity index is 1.48. The van der Waals surface area contributed by atoms with Crippen molar-refractivity contribution in [1.29, 1.82) is 0 Å². The SMILES string of the molecule is O=C1[C@@H]2[C@@H](Cc3ccc(O)c(O)c3)N[C@@]3(C(=O)Nc4ccccc43)[C@H]2C(=O)N1c1ccc(Cl)cc1. The van der Waals surface area contributed by atoms with Crippen LogP contribution in [0.5, 0.6) is 11.5 Å². The molecule has 0 aromatic heterocycles. The van der Waals surface area contributed by atoms with Crippen molar-refractivity contribution in [3.63, 3.8) is 0 Å². The lowest BCUT2D eigenvalue weighted by Crippen LogP contribution is -2.53. The number of rotatable bonds is 3. The Bertz CT molecular complexity index is 1410. The highest BCUT2D eigenvalue weighted by atomic mass is 35.5. The second-order valence-corrected chi connectivity index (χ2v) is 9.51. The average molecular weight is 490 g/mol. The first kappa shape index (κ1) is 21.6. The number of amides is 3. The van der Waals surface area contributed by atoms with Crippen molar-refractivity contribution in [3.8, 4) is 11.5 Å². The van der Waals surface area contributed by atoms with Crippen molar-refractivity contribution in [2.45, 2.75) is 18.0 Å². The largest absolute Gasteiger partial charge is 0.504 e. The lowest BCUT2D eigenvalue weighted by molar-refractivity contribution is -0.130. The molecule has 9 heteroatoms. The molecule has 0 unspecified atom stereocenters. The van der Waals surface area contributed by atoms with Gasteiger partial charge in [0.25, 0.3) is 0 Å². The molecule has 3 heterocycles. The van der Waals surface area contributed by atoms with Crippen LogP contribution in [0.25, 0.3) is 0 Å². The summed E-state index contributed by atoms with van der Waals surface area (Å²) in [5.41, 5.74) is 0.831. The molecule has 6 rings (SSSR count). The van der Waals surface area contributed by atoms with E-state index in [9.17, 15) is 24.6 Å². The van der Waals surface area contributed by atoms with Gasteiger partial charge in [0.2, 0.25) is 17.7 Å². The Hall–Kier alpha value is -3.88. The third-order valence-corrected chi connectivity index (χ3v) is 7.45. The predicted octanol–water partition coefficient (Wildman–Crippen LogP) is 2.92. The summed E-state index contributed by atoms with van der Waals surface area (Å²) < 4.78 is 0. The summed E-state index contributed by atoms with van der Waals surface area (Å²) in [6.45, 7) is 0. The van der Waals surface area contributed by atoms with E-state index in [1.54, 1.807) is 54.6 Å². The molecule has 4 atom stereocenters. The maximum atomic E-state index is 13.9. The van der Waals surface area contributed by atoms with Crippen LogP contribution in [0, 0.1) is 11.8 Å². The van der Waals surface area contributed by atoms with Gasteiger partial charge in [0.05, 0.1) is 17.5 Å². The van der Waals surface area contributed by atoms with Gasteiger partial charge in [-0.3, -0.25) is 19.7 Å². The molecule has 3 aromatic carbocycles. The molecule has 0 saturated carbocycles. The van der Waals surface area contributed by atoms with Gasteiger partial charge in [0.1, 0.15) is 5.54 Å². The number of aromatic hydroxyl groups is 2. The molecule has 0 bridgehead atoms. The highest BCUT2D eigenvalue weighted by molar-refractivity contribution is 6.31. The first-order chi connectivity index (χ1) is 16.8. The monoisotopic (exact) mass is 489 g/mol. The third-order valence-electron chi connectivity index (χ3n) is 7.20. The number of para-hydroxylation sites is 1. The van der Waals surface area contributed by atoms with Crippen LogP contribution in [0.4, 0.5) is 11.4 Å². The number of hydrogen-bond donors (Lipinski definition) is 4. The second kappa shape index (κ2) is 7.56. The Morgan fingerprint density at radius 3 is 2.40 bits per heavy atom. The van der Waals surface area contributed by atoms with E-state index in [1.807, 2.05) is 0 Å². The molecular formula is C26H20ClN3O5. The Morgan fingerprint density at radius 2 is 1.66 bits per heavy atom. The van der Waals surface area contributed by atoms with Gasteiger partial charge in [-0.2, -0.15) is 0 Å². The second-order valence-electron chi connectivity index (χ2n) is 9.08. The first-order valence-corrected chi connectivity index (χ1v) is 11.5. The quantitative estimate of drug-likeness (QED) is 0.332. The van der Waals surface area contributed by atoms with E-state index < -0.39 is 35.2 Å². The van der Waals surface area contributed by atoms with Gasteiger partial charge in [0.15, 0.2) is 11.5 Å². The highest BCUT2D eigenvalue weighted by Crippen LogP contribution is 2.54. The fraction of sp³-hybridized carbons (Fsp3) is 0.192. The standard InChI is InChI=1S/C26H20ClN3O5/c27-14-6-8-15(9-7-14)30-23(33)21-18(11-13-5-10-19(31)20(32)12-13)29-26(22(21)24(30)34)16-3-1-2-4-17(16)28-25(26)35/h1-10,12,18,21-22,29,31-32H,11H2,(H,28,35)/t18-,21-,22-,26-/m1/s1. The average Bonchev–Trinajstić information content (AvgIpc) is 3.42. The summed E-state index contributed by atoms with van der Waals surface area (Å²) in [4.78, 5) is 42.3. The summed E-state index contributed by atoms with van der Waals surface area (Å²) in [5, 5.41) is 26.4. The third kappa shape index (κ3) is 3.00. The molecule has 35 heavy (non-hydrogen) atoms. The first-order valence-electron chi connectivity index (χ1n) is 11.1. The van der Waals surface area contributed by atoms with E-state index in [4.69, 9.17) is 11.6 Å². The van der Waals surface area contributed by atoms with Crippen molar-refractivity contribution < 1.29 is 24.6 Å². The van der Waals surface area contributed by atoms with Gasteiger partial charge in [-0.05, 0) is 54.4 Å². The van der Waals surface area contributed by atoms with Crippen LogP contribution in [0.15, 0.2) is 66.7 Å². The Kier molecular flexibility index (Phi) is 4.67. The van der Waals surface area contributed by atoms with Gasteiger partial charge in [0, 0.05) is 22.3 Å². The van der Waals surface area contributed by atoms with Crippen molar-refractivity contribution in [2.75, 3.05) is 10.2 Å². The minimum absolute atomic E-state index is 0.250. The Morgan fingerprint density at radius 1 is 0.914 bits per heavy atom. The molecule has 0 radical (unpaired) electrons. The maximum absolute atomic E-state index is 13.9. The van der Waals surface area contributed by atoms with Gasteiger partial charge in [-0.1, -0.05) is 35.9 Å². The molecule has 3 amide bonds. The normalized spacial score (nSPS) is 26.8. The lowest BCUT2D eigenvalue weighted by Gasteiger charge is -2.29. The number of nitrogens with one attached hydrogen (secondary N) is 2. The highest BCUT2D eigenvalue weighted by Gasteiger charge is 2.70. The van der Waals surface area contributed by atoms with Crippen LogP contribution in [-0.2, 0) is 26.3 Å².